The number of aryl methyl sites for hydroxylation is 2. The standard InChI is InChI=1S/C12H14O3/c1-7-5-10(14-3)8(2)4-9(7)12(13)11-6-15-11/h4-5,11H,6H2,1-3H3. The Morgan fingerprint density at radius 3 is 2.60 bits per heavy atom. The Morgan fingerprint density at radius 1 is 1.40 bits per heavy atom. The second-order valence-corrected chi connectivity index (χ2v) is 3.82. The van der Waals surface area contributed by atoms with Gasteiger partial charge in [0.05, 0.1) is 13.7 Å². The van der Waals surface area contributed by atoms with Crippen molar-refractivity contribution in [3.8, 4) is 5.75 Å². The van der Waals surface area contributed by atoms with Crippen molar-refractivity contribution in [2.75, 3.05) is 13.7 Å². The van der Waals surface area contributed by atoms with Crippen LogP contribution in [0.1, 0.15) is 21.5 Å². The van der Waals surface area contributed by atoms with Crippen LogP contribution in [-0.2, 0) is 4.74 Å². The van der Waals surface area contributed by atoms with E-state index < -0.39 is 0 Å². The highest BCUT2D eigenvalue weighted by atomic mass is 16.6. The van der Waals surface area contributed by atoms with Gasteiger partial charge < -0.3 is 9.47 Å². The summed E-state index contributed by atoms with van der Waals surface area (Å²) in [6.07, 6.45) is -0.212. The van der Waals surface area contributed by atoms with E-state index in [0.29, 0.717) is 6.61 Å². The van der Waals surface area contributed by atoms with Gasteiger partial charge in [-0.3, -0.25) is 4.79 Å². The van der Waals surface area contributed by atoms with E-state index in [0.717, 1.165) is 22.4 Å². The van der Waals surface area contributed by atoms with Crippen molar-refractivity contribution in [2.24, 2.45) is 0 Å². The Balaban J connectivity index is 2.39. The smallest absolute Gasteiger partial charge is 0.194 e. The predicted molar refractivity (Wildman–Crippen MR) is 56.5 cm³/mol. The molecule has 0 aromatic heterocycles. The number of ketones is 1. The summed E-state index contributed by atoms with van der Waals surface area (Å²) in [6, 6.07) is 3.77. The van der Waals surface area contributed by atoms with Crippen LogP contribution in [0.15, 0.2) is 12.1 Å². The number of carbonyl (C=O) groups is 1. The first kappa shape index (κ1) is 10.2. The largest absolute Gasteiger partial charge is 0.496 e. The molecule has 1 fully saturated rings. The normalized spacial score (nSPS) is 18.7. The summed E-state index contributed by atoms with van der Waals surface area (Å²) >= 11 is 0. The molecule has 1 saturated heterocycles. The third-order valence-corrected chi connectivity index (χ3v) is 2.63. The fourth-order valence-electron chi connectivity index (χ4n) is 1.65. The van der Waals surface area contributed by atoms with E-state index in [1.54, 1.807) is 7.11 Å². The van der Waals surface area contributed by atoms with Crippen molar-refractivity contribution in [1.82, 2.24) is 0 Å². The highest BCUT2D eigenvalue weighted by molar-refractivity contribution is 6.02. The third kappa shape index (κ3) is 1.88. The molecule has 2 rings (SSSR count). The number of methoxy groups -OCH3 is 1. The number of ether oxygens (including phenoxy) is 2. The highest BCUT2D eigenvalue weighted by Crippen LogP contribution is 2.25. The van der Waals surface area contributed by atoms with Crippen molar-refractivity contribution in [1.29, 1.82) is 0 Å². The molecule has 1 atom stereocenters. The summed E-state index contributed by atoms with van der Waals surface area (Å²) in [5.74, 6) is 0.902. The quantitative estimate of drug-likeness (QED) is 0.560. The average molecular weight is 206 g/mol. The Labute approximate surface area is 89.0 Å². The number of rotatable bonds is 3. The first-order valence-corrected chi connectivity index (χ1v) is 4.94. The van der Waals surface area contributed by atoms with Gasteiger partial charge in [0, 0.05) is 5.56 Å². The molecule has 1 unspecified atom stereocenters. The molecular weight excluding hydrogens is 192 g/mol. The molecule has 0 radical (unpaired) electrons. The Morgan fingerprint density at radius 2 is 2.07 bits per heavy atom. The van der Waals surface area contributed by atoms with Crippen molar-refractivity contribution < 1.29 is 14.3 Å². The first-order valence-electron chi connectivity index (χ1n) is 4.94. The molecule has 15 heavy (non-hydrogen) atoms. The van der Waals surface area contributed by atoms with E-state index in [1.807, 2.05) is 26.0 Å². The molecule has 1 aromatic rings. The van der Waals surface area contributed by atoms with Gasteiger partial charge in [-0.2, -0.15) is 0 Å². The van der Waals surface area contributed by atoms with Gasteiger partial charge in [0.25, 0.3) is 0 Å². The maximum atomic E-state index is 11.8. The molecule has 3 nitrogen and oxygen atoms in total. The fourth-order valence-corrected chi connectivity index (χ4v) is 1.65. The molecule has 0 aliphatic carbocycles. The Hall–Kier alpha value is -1.35. The summed E-state index contributed by atoms with van der Waals surface area (Å²) in [5.41, 5.74) is 2.67. The number of carbonyl (C=O) groups excluding carboxylic acids is 1. The lowest BCUT2D eigenvalue weighted by Crippen LogP contribution is -2.09. The van der Waals surface area contributed by atoms with E-state index in [2.05, 4.69) is 0 Å². The lowest BCUT2D eigenvalue weighted by Gasteiger charge is -2.09. The van der Waals surface area contributed by atoms with Crippen molar-refractivity contribution >= 4 is 5.78 Å². The molecule has 1 aliphatic heterocycles. The topological polar surface area (TPSA) is 38.8 Å². The monoisotopic (exact) mass is 206 g/mol. The van der Waals surface area contributed by atoms with Crippen LogP contribution in [0.3, 0.4) is 0 Å². The van der Waals surface area contributed by atoms with Crippen LogP contribution in [0.5, 0.6) is 5.75 Å². The van der Waals surface area contributed by atoms with Crippen LogP contribution < -0.4 is 4.74 Å². The van der Waals surface area contributed by atoms with E-state index in [1.165, 1.54) is 0 Å². The SMILES string of the molecule is COc1cc(C)c(C(=O)C2CO2)cc1C. The molecule has 0 N–H and O–H groups in total. The summed E-state index contributed by atoms with van der Waals surface area (Å²) < 4.78 is 10.2. The highest BCUT2D eigenvalue weighted by Gasteiger charge is 2.33. The van der Waals surface area contributed by atoms with Crippen molar-refractivity contribution in [3.05, 3.63) is 28.8 Å². The minimum Gasteiger partial charge on any atom is -0.496 e. The molecule has 0 bridgehead atoms. The van der Waals surface area contributed by atoms with E-state index in [4.69, 9.17) is 9.47 Å². The van der Waals surface area contributed by atoms with Gasteiger partial charge in [-0.15, -0.1) is 0 Å². The molecule has 0 amide bonds. The molecule has 80 valence electrons. The van der Waals surface area contributed by atoms with Gasteiger partial charge in [0.1, 0.15) is 11.9 Å². The van der Waals surface area contributed by atoms with Crippen molar-refractivity contribution in [3.63, 3.8) is 0 Å². The third-order valence-electron chi connectivity index (χ3n) is 2.63. The van der Waals surface area contributed by atoms with Gasteiger partial charge in [0.15, 0.2) is 5.78 Å². The Bertz CT molecular complexity index is 406. The van der Waals surface area contributed by atoms with E-state index in [-0.39, 0.29) is 11.9 Å². The zero-order chi connectivity index (χ0) is 11.0. The maximum Gasteiger partial charge on any atom is 0.194 e. The van der Waals surface area contributed by atoms with Gasteiger partial charge >= 0.3 is 0 Å². The maximum absolute atomic E-state index is 11.8. The number of benzene rings is 1. The summed E-state index contributed by atoms with van der Waals surface area (Å²) in [6.45, 7) is 4.41. The van der Waals surface area contributed by atoms with Crippen LogP contribution in [0.25, 0.3) is 0 Å². The van der Waals surface area contributed by atoms with Crippen LogP contribution >= 0.6 is 0 Å². The van der Waals surface area contributed by atoms with Crippen LogP contribution in [0, 0.1) is 13.8 Å². The average Bonchev–Trinajstić information content (AvgIpc) is 3.03. The van der Waals surface area contributed by atoms with E-state index >= 15 is 0 Å². The molecule has 0 spiro atoms. The summed E-state index contributed by atoms with van der Waals surface area (Å²) in [7, 11) is 1.63. The van der Waals surface area contributed by atoms with Gasteiger partial charge in [0.2, 0.25) is 0 Å². The number of Topliss-reactive ketones (excluding diaryl/α,β-unsaturated/α-hetero) is 1. The number of hydrogen-bond donors (Lipinski definition) is 0. The molecule has 3 heteroatoms. The second kappa shape index (κ2) is 3.66. The van der Waals surface area contributed by atoms with E-state index in [9.17, 15) is 4.79 Å². The fraction of sp³-hybridized carbons (Fsp3) is 0.417. The molecule has 1 aliphatic rings. The van der Waals surface area contributed by atoms with Gasteiger partial charge in [-0.05, 0) is 37.1 Å². The molecule has 0 saturated carbocycles. The zero-order valence-electron chi connectivity index (χ0n) is 9.16. The molecule has 1 heterocycles. The Kier molecular flexibility index (Phi) is 2.49. The lowest BCUT2D eigenvalue weighted by molar-refractivity contribution is 0.0953. The van der Waals surface area contributed by atoms with Crippen LogP contribution in [0.4, 0.5) is 0 Å². The van der Waals surface area contributed by atoms with Crippen molar-refractivity contribution in [2.45, 2.75) is 20.0 Å². The van der Waals surface area contributed by atoms with Crippen LogP contribution in [0.2, 0.25) is 0 Å². The minimum atomic E-state index is -0.212. The lowest BCUT2D eigenvalue weighted by atomic mass is 9.99. The van der Waals surface area contributed by atoms with Gasteiger partial charge in [-0.1, -0.05) is 0 Å². The first-order chi connectivity index (χ1) is 7.13. The van der Waals surface area contributed by atoms with Gasteiger partial charge in [-0.25, -0.2) is 0 Å². The second-order valence-electron chi connectivity index (χ2n) is 3.82. The summed E-state index contributed by atoms with van der Waals surface area (Å²) in [5, 5.41) is 0. The molecule has 1 aromatic carbocycles. The molecular formula is C12H14O3. The summed E-state index contributed by atoms with van der Waals surface area (Å²) in [4.78, 5) is 11.8. The van der Waals surface area contributed by atoms with Crippen LogP contribution in [-0.4, -0.2) is 25.6 Å². The zero-order valence-corrected chi connectivity index (χ0v) is 9.16. The number of epoxide rings is 1. The number of hydrogen-bond acceptors (Lipinski definition) is 3. The minimum absolute atomic E-state index is 0.0817. The predicted octanol–water partition coefficient (Wildman–Crippen LogP) is 1.89.